The summed E-state index contributed by atoms with van der Waals surface area (Å²) in [7, 11) is 0. The molecule has 11 heteroatoms. The molecule has 0 atom stereocenters. The molecule has 1 amide bonds. The second-order valence-corrected chi connectivity index (χ2v) is 6.58. The zero-order valence-electron chi connectivity index (χ0n) is 16.1. The largest absolute Gasteiger partial charge is 0.573 e. The number of carbonyl (C=O) groups excluding carboxylic acids is 1. The first kappa shape index (κ1) is 21.1. The van der Waals surface area contributed by atoms with Crippen molar-refractivity contribution < 1.29 is 31.6 Å². The summed E-state index contributed by atoms with van der Waals surface area (Å²) in [5.74, 6) is -0.980. The van der Waals surface area contributed by atoms with Crippen LogP contribution in [0.3, 0.4) is 0 Å². The molecular weight excluding hydrogens is 432 g/mol. The number of benzene rings is 2. The summed E-state index contributed by atoms with van der Waals surface area (Å²) in [5.41, 5.74) is 1.19. The van der Waals surface area contributed by atoms with Gasteiger partial charge in [-0.05, 0) is 54.6 Å². The molecule has 0 spiro atoms. The van der Waals surface area contributed by atoms with E-state index in [1.54, 1.807) is 29.0 Å². The Morgan fingerprint density at radius 2 is 1.88 bits per heavy atom. The fourth-order valence-electron chi connectivity index (χ4n) is 2.92. The molecular formula is C21H14F4N4O3. The summed E-state index contributed by atoms with van der Waals surface area (Å²) < 4.78 is 60.8. The van der Waals surface area contributed by atoms with Crippen molar-refractivity contribution in [2.75, 3.05) is 5.32 Å². The molecule has 0 bridgehead atoms. The molecule has 2 heterocycles. The van der Waals surface area contributed by atoms with Crippen LogP contribution in [-0.4, -0.2) is 27.0 Å². The molecule has 0 aliphatic rings. The number of alkyl halides is 3. The monoisotopic (exact) mass is 446 g/mol. The lowest BCUT2D eigenvalue weighted by Crippen LogP contribution is -2.18. The van der Waals surface area contributed by atoms with Gasteiger partial charge in [-0.25, -0.2) is 4.39 Å². The highest BCUT2D eigenvalue weighted by atomic mass is 19.4. The summed E-state index contributed by atoms with van der Waals surface area (Å²) in [4.78, 5) is 16.6. The Balaban J connectivity index is 1.47. The van der Waals surface area contributed by atoms with Gasteiger partial charge in [0, 0.05) is 17.4 Å². The van der Waals surface area contributed by atoms with Crippen molar-refractivity contribution in [1.29, 1.82) is 0 Å². The quantitative estimate of drug-likeness (QED) is 0.427. The number of halogens is 4. The number of anilines is 1. The molecule has 164 valence electrons. The first-order valence-corrected chi connectivity index (χ1v) is 9.18. The highest BCUT2D eigenvalue weighted by molar-refractivity contribution is 5.90. The number of hydrogen-bond acceptors (Lipinski definition) is 5. The number of nitrogens with zero attached hydrogens (tertiary/aromatic N) is 3. The van der Waals surface area contributed by atoms with Gasteiger partial charge in [0.1, 0.15) is 23.8 Å². The van der Waals surface area contributed by atoms with E-state index >= 15 is 0 Å². The number of hydrogen-bond donors (Lipinski definition) is 1. The molecule has 0 unspecified atom stereocenters. The van der Waals surface area contributed by atoms with Gasteiger partial charge < -0.3 is 19.1 Å². The van der Waals surface area contributed by atoms with E-state index in [0.29, 0.717) is 16.9 Å². The van der Waals surface area contributed by atoms with Gasteiger partial charge in [0.05, 0.1) is 0 Å². The first-order valence-electron chi connectivity index (χ1n) is 9.18. The number of aromatic nitrogens is 3. The Morgan fingerprint density at radius 1 is 1.09 bits per heavy atom. The third-order valence-corrected chi connectivity index (χ3v) is 4.24. The van der Waals surface area contributed by atoms with Crippen LogP contribution >= 0.6 is 0 Å². The van der Waals surface area contributed by atoms with Gasteiger partial charge in [0.2, 0.25) is 11.7 Å². The predicted octanol–water partition coefficient (Wildman–Crippen LogP) is 4.88. The van der Waals surface area contributed by atoms with Gasteiger partial charge in [-0.2, -0.15) is 4.98 Å². The van der Waals surface area contributed by atoms with Crippen molar-refractivity contribution in [3.63, 3.8) is 0 Å². The molecule has 1 N–H and O–H groups in total. The van der Waals surface area contributed by atoms with Crippen LogP contribution in [0.25, 0.3) is 23.0 Å². The molecule has 32 heavy (non-hydrogen) atoms. The Kier molecular flexibility index (Phi) is 5.63. The molecule has 4 rings (SSSR count). The molecule has 2 aromatic heterocycles. The predicted molar refractivity (Wildman–Crippen MR) is 105 cm³/mol. The SMILES string of the molecule is O=C(Cn1cccc1-c1nc(-c2ccc(OC(F)(F)F)cc2)no1)Nc1cccc(F)c1. The molecule has 0 aliphatic heterocycles. The summed E-state index contributed by atoms with van der Waals surface area (Å²) >= 11 is 0. The molecule has 4 aromatic rings. The average Bonchev–Trinajstić information content (AvgIpc) is 3.36. The fraction of sp³-hybridized carbons (Fsp3) is 0.0952. The van der Waals surface area contributed by atoms with Gasteiger partial charge in [0.25, 0.3) is 5.89 Å². The highest BCUT2D eigenvalue weighted by Gasteiger charge is 2.31. The van der Waals surface area contributed by atoms with Crippen molar-refractivity contribution in [2.24, 2.45) is 0 Å². The standard InChI is InChI=1S/C21H14F4N4O3/c22-14-3-1-4-15(11-14)26-18(30)12-29-10-2-5-17(29)20-27-19(28-32-20)13-6-8-16(9-7-13)31-21(23,24)25/h1-11H,12H2,(H,26,30). The van der Waals surface area contributed by atoms with E-state index in [1.165, 1.54) is 30.3 Å². The Hall–Kier alpha value is -4.15. The summed E-state index contributed by atoms with van der Waals surface area (Å²) in [6.45, 7) is -0.0972. The molecule has 0 saturated carbocycles. The fourth-order valence-corrected chi connectivity index (χ4v) is 2.92. The van der Waals surface area contributed by atoms with Crippen LogP contribution in [0.1, 0.15) is 0 Å². The van der Waals surface area contributed by atoms with Crippen LogP contribution in [0.15, 0.2) is 71.4 Å². The smallest absolute Gasteiger partial charge is 0.406 e. The summed E-state index contributed by atoms with van der Waals surface area (Å²) in [6, 6.07) is 13.8. The van der Waals surface area contributed by atoms with Gasteiger partial charge in [0.15, 0.2) is 0 Å². The Bertz CT molecular complexity index is 1230. The van der Waals surface area contributed by atoms with E-state index in [9.17, 15) is 22.4 Å². The maximum Gasteiger partial charge on any atom is 0.573 e. The number of carbonyl (C=O) groups is 1. The van der Waals surface area contributed by atoms with Gasteiger partial charge in [-0.1, -0.05) is 11.2 Å². The van der Waals surface area contributed by atoms with Crippen LogP contribution in [0.5, 0.6) is 5.75 Å². The van der Waals surface area contributed by atoms with Crippen molar-refractivity contribution in [2.45, 2.75) is 12.9 Å². The lowest BCUT2D eigenvalue weighted by molar-refractivity contribution is -0.274. The van der Waals surface area contributed by atoms with Crippen molar-refractivity contribution in [3.8, 4) is 28.7 Å². The molecule has 0 fully saturated rings. The van der Waals surface area contributed by atoms with Crippen LogP contribution < -0.4 is 10.1 Å². The first-order chi connectivity index (χ1) is 15.3. The second-order valence-electron chi connectivity index (χ2n) is 6.58. The minimum Gasteiger partial charge on any atom is -0.406 e. The maximum atomic E-state index is 13.3. The number of rotatable bonds is 6. The van der Waals surface area contributed by atoms with Crippen LogP contribution in [-0.2, 0) is 11.3 Å². The zero-order valence-corrected chi connectivity index (χ0v) is 16.1. The van der Waals surface area contributed by atoms with E-state index in [2.05, 4.69) is 20.2 Å². The van der Waals surface area contributed by atoms with E-state index in [4.69, 9.17) is 4.52 Å². The number of amides is 1. The maximum absolute atomic E-state index is 13.3. The normalized spacial score (nSPS) is 11.4. The van der Waals surface area contributed by atoms with Crippen LogP contribution in [0.4, 0.5) is 23.2 Å². The van der Waals surface area contributed by atoms with Crippen molar-refractivity contribution in [1.82, 2.24) is 14.7 Å². The zero-order chi connectivity index (χ0) is 22.7. The lowest BCUT2D eigenvalue weighted by Gasteiger charge is -2.08. The molecule has 2 aromatic carbocycles. The molecule has 0 aliphatic carbocycles. The van der Waals surface area contributed by atoms with E-state index < -0.39 is 18.1 Å². The van der Waals surface area contributed by atoms with Gasteiger partial charge in [-0.3, -0.25) is 4.79 Å². The second kappa shape index (κ2) is 8.53. The van der Waals surface area contributed by atoms with Crippen LogP contribution in [0.2, 0.25) is 0 Å². The van der Waals surface area contributed by atoms with E-state index in [1.807, 2.05) is 0 Å². The number of ether oxygens (including phenoxy) is 1. The Labute approximate surface area is 178 Å². The number of nitrogens with one attached hydrogen (secondary N) is 1. The third-order valence-electron chi connectivity index (χ3n) is 4.24. The molecule has 0 radical (unpaired) electrons. The topological polar surface area (TPSA) is 82.2 Å². The van der Waals surface area contributed by atoms with Crippen LogP contribution in [0, 0.1) is 5.82 Å². The average molecular weight is 446 g/mol. The lowest BCUT2D eigenvalue weighted by atomic mass is 10.2. The van der Waals surface area contributed by atoms with Crippen molar-refractivity contribution >= 4 is 11.6 Å². The highest BCUT2D eigenvalue weighted by Crippen LogP contribution is 2.27. The Morgan fingerprint density at radius 3 is 2.59 bits per heavy atom. The minimum absolute atomic E-state index is 0.0972. The van der Waals surface area contributed by atoms with E-state index in [-0.39, 0.29) is 24.0 Å². The van der Waals surface area contributed by atoms with Gasteiger partial charge in [-0.15, -0.1) is 13.2 Å². The summed E-state index contributed by atoms with van der Waals surface area (Å²) in [5, 5.41) is 6.43. The molecule has 7 nitrogen and oxygen atoms in total. The third kappa shape index (κ3) is 5.12. The van der Waals surface area contributed by atoms with Gasteiger partial charge >= 0.3 is 6.36 Å². The van der Waals surface area contributed by atoms with Crippen molar-refractivity contribution in [3.05, 3.63) is 72.7 Å². The summed E-state index contributed by atoms with van der Waals surface area (Å²) in [6.07, 6.45) is -3.15. The minimum atomic E-state index is -4.78. The molecule has 0 saturated heterocycles. The van der Waals surface area contributed by atoms with E-state index in [0.717, 1.165) is 12.1 Å².